The van der Waals surface area contributed by atoms with Crippen molar-refractivity contribution >= 4 is 40.6 Å². The van der Waals surface area contributed by atoms with Crippen molar-refractivity contribution in [1.29, 1.82) is 0 Å². The average Bonchev–Trinajstić information content (AvgIpc) is 3.78. The minimum atomic E-state index is -1.49. The second-order valence-electron chi connectivity index (χ2n) is 14.5. The maximum Gasteiger partial charge on any atom is 0.215 e. The van der Waals surface area contributed by atoms with Crippen LogP contribution >= 0.6 is 12.4 Å². The first kappa shape index (κ1) is 40.8. The van der Waals surface area contributed by atoms with Crippen molar-refractivity contribution in [3.8, 4) is 46.4 Å². The summed E-state index contributed by atoms with van der Waals surface area (Å²) in [6.45, 7) is 4.53. The summed E-state index contributed by atoms with van der Waals surface area (Å²) in [5, 5.41) is 4.80. The number of rotatable bonds is 11. The molecule has 5 heterocycles. The highest BCUT2D eigenvalue weighted by Crippen LogP contribution is 2.55. The quantitative estimate of drug-likeness (QED) is 0.129. The van der Waals surface area contributed by atoms with E-state index in [0.717, 1.165) is 6.41 Å². The van der Waals surface area contributed by atoms with Gasteiger partial charge < -0.3 is 29.2 Å². The second kappa shape index (κ2) is 16.6. The summed E-state index contributed by atoms with van der Waals surface area (Å²) in [6.07, 6.45) is 4.21. The van der Waals surface area contributed by atoms with E-state index in [9.17, 15) is 4.79 Å². The van der Waals surface area contributed by atoms with E-state index in [1.165, 1.54) is 38.5 Å². The number of nitrogens with zero attached hydrogens (tertiary/aromatic N) is 5. The lowest BCUT2D eigenvalue weighted by Gasteiger charge is -2.46. The molecule has 0 aliphatic carbocycles. The largest absolute Gasteiger partial charge is 0.481 e. The molecule has 0 atom stereocenters. The van der Waals surface area contributed by atoms with Crippen molar-refractivity contribution in [2.24, 2.45) is 0 Å². The molecule has 1 amide bonds. The van der Waals surface area contributed by atoms with Crippen molar-refractivity contribution in [1.82, 2.24) is 29.3 Å². The molecule has 1 fully saturated rings. The van der Waals surface area contributed by atoms with Crippen LogP contribution in [0.1, 0.15) is 22.3 Å². The lowest BCUT2D eigenvalue weighted by Crippen LogP contribution is -2.59. The zero-order chi connectivity index (χ0) is 41.5. The monoisotopic (exact) mass is 842 g/mol. The molecule has 0 saturated carbocycles. The number of carbonyl (C=O) groups is 1. The van der Waals surface area contributed by atoms with Gasteiger partial charge in [-0.1, -0.05) is 48.5 Å². The summed E-state index contributed by atoms with van der Waals surface area (Å²) in [6, 6.07) is 31.5. The minimum absolute atomic E-state index is 0. The highest BCUT2D eigenvalue weighted by Gasteiger charge is 2.51. The number of carbonyl (C=O) groups excluding carboxylic acids is 1. The highest BCUT2D eigenvalue weighted by molar-refractivity contribution is 5.96. The molecule has 310 valence electrons. The van der Waals surface area contributed by atoms with Crippen molar-refractivity contribution in [3.05, 3.63) is 155 Å². The third-order valence-corrected chi connectivity index (χ3v) is 11.1. The molecule has 14 heteroatoms. The number of para-hydroxylation sites is 2. The molecule has 4 aromatic heterocycles. The number of pyridine rings is 2. The summed E-state index contributed by atoms with van der Waals surface area (Å²) in [5.41, 5.74) is 3.60. The average molecular weight is 843 g/mol. The normalized spacial score (nSPS) is 13.5. The lowest BCUT2D eigenvalue weighted by molar-refractivity contribution is -0.124. The Morgan fingerprint density at radius 3 is 1.56 bits per heavy atom. The van der Waals surface area contributed by atoms with E-state index in [0.29, 0.717) is 73.7 Å². The predicted molar refractivity (Wildman–Crippen MR) is 231 cm³/mol. The highest BCUT2D eigenvalue weighted by atomic mass is 35.5. The van der Waals surface area contributed by atoms with E-state index in [1.54, 1.807) is 41.6 Å². The van der Waals surface area contributed by atoms with Gasteiger partial charge >= 0.3 is 0 Å². The van der Waals surface area contributed by atoms with Crippen molar-refractivity contribution < 1.29 is 32.5 Å². The molecule has 1 saturated heterocycles. The lowest BCUT2D eigenvalue weighted by atomic mass is 9.79. The Bertz CT molecular complexity index is 2720. The number of fused-ring (bicyclic) bond motifs is 2. The standard InChI is InChI=1S/C47H40F2N6O5.ClH/c1-29-15-17-31(48)21-39(29)59-45-43(35-25-51-41(57-3)23-37(35)54(45)33-11-7-5-8-12-33)47(27-50-19-20-53(47)28-56)44-36-26-52-42(58-4)24-38(36)55(34-13-9-6-10-14-34)46(44)60-40-22-32(49)18-16-30(40)2;/h5-18,21-26,28,50H,19-20,27H2,1-4H3;1H. The number of aryl methyl sites for hydroxylation is 2. The fourth-order valence-electron chi connectivity index (χ4n) is 8.23. The number of ether oxygens (including phenoxy) is 4. The summed E-state index contributed by atoms with van der Waals surface area (Å²) < 4.78 is 59.6. The number of halogens is 3. The zero-order valence-corrected chi connectivity index (χ0v) is 34.5. The number of hydrogen-bond acceptors (Lipinski definition) is 8. The van der Waals surface area contributed by atoms with Gasteiger partial charge in [-0.15, -0.1) is 12.4 Å². The summed E-state index contributed by atoms with van der Waals surface area (Å²) in [4.78, 5) is 25.1. The second-order valence-corrected chi connectivity index (χ2v) is 14.5. The Morgan fingerprint density at radius 1 is 0.672 bits per heavy atom. The maximum atomic E-state index is 15.2. The van der Waals surface area contributed by atoms with Gasteiger partial charge in [-0.05, 0) is 61.4 Å². The van der Waals surface area contributed by atoms with Crippen LogP contribution in [0.5, 0.6) is 35.0 Å². The van der Waals surface area contributed by atoms with Crippen LogP contribution in [0.3, 0.4) is 0 Å². The van der Waals surface area contributed by atoms with E-state index in [-0.39, 0.29) is 48.8 Å². The van der Waals surface area contributed by atoms with Crippen LogP contribution in [0.25, 0.3) is 33.2 Å². The molecule has 0 bridgehead atoms. The van der Waals surface area contributed by atoms with Crippen LogP contribution in [0, 0.1) is 25.5 Å². The van der Waals surface area contributed by atoms with Gasteiger partial charge in [0, 0.05) is 78.4 Å². The summed E-state index contributed by atoms with van der Waals surface area (Å²) in [7, 11) is 3.08. The number of piperazine rings is 1. The van der Waals surface area contributed by atoms with Crippen LogP contribution < -0.4 is 24.3 Å². The van der Waals surface area contributed by atoms with E-state index in [4.69, 9.17) is 28.9 Å². The van der Waals surface area contributed by atoms with Gasteiger partial charge in [-0.25, -0.2) is 18.7 Å². The Morgan fingerprint density at radius 2 is 1.13 bits per heavy atom. The van der Waals surface area contributed by atoms with Gasteiger partial charge in [0.05, 0.1) is 36.4 Å². The molecular formula is C47H41ClF2N6O5. The molecule has 0 spiro atoms. The van der Waals surface area contributed by atoms with Gasteiger partial charge in [-0.2, -0.15) is 0 Å². The van der Waals surface area contributed by atoms with Crippen molar-refractivity contribution in [3.63, 3.8) is 0 Å². The molecule has 9 rings (SSSR count). The number of hydrogen-bond donors (Lipinski definition) is 1. The van der Waals surface area contributed by atoms with Gasteiger partial charge in [0.15, 0.2) is 0 Å². The Balaban J connectivity index is 0.00000514. The SMILES string of the molecule is COc1cc2c(cn1)c(C1(c3c(Oc4cc(F)ccc4C)n(-c4ccccc4)c4cc(OC)ncc34)CNCCN1C=O)c(Oc1cc(F)ccc1C)n2-c1ccccc1.Cl. The van der Waals surface area contributed by atoms with Gasteiger partial charge in [0.25, 0.3) is 0 Å². The van der Waals surface area contributed by atoms with Crippen LogP contribution in [-0.2, 0) is 10.3 Å². The first-order chi connectivity index (χ1) is 29.2. The smallest absolute Gasteiger partial charge is 0.215 e. The van der Waals surface area contributed by atoms with Crippen LogP contribution in [-0.4, -0.2) is 64.3 Å². The molecule has 0 unspecified atom stereocenters. The molecule has 1 N–H and O–H groups in total. The fourth-order valence-corrected chi connectivity index (χ4v) is 8.23. The molecule has 61 heavy (non-hydrogen) atoms. The number of nitrogens with one attached hydrogen (secondary N) is 1. The Kier molecular flexibility index (Phi) is 11.1. The molecular weight excluding hydrogens is 802 g/mol. The number of methoxy groups -OCH3 is 2. The van der Waals surface area contributed by atoms with Gasteiger partial charge in [0.2, 0.25) is 29.9 Å². The molecule has 0 radical (unpaired) electrons. The number of amides is 1. The third-order valence-electron chi connectivity index (χ3n) is 11.1. The Labute approximate surface area is 356 Å². The minimum Gasteiger partial charge on any atom is -0.481 e. The molecule has 8 aromatic rings. The van der Waals surface area contributed by atoms with Gasteiger partial charge in [-0.3, -0.25) is 13.9 Å². The number of benzene rings is 4. The first-order valence-corrected chi connectivity index (χ1v) is 19.3. The van der Waals surface area contributed by atoms with E-state index in [2.05, 4.69) is 5.32 Å². The molecule has 1 aliphatic rings. The third kappa shape index (κ3) is 6.95. The maximum absolute atomic E-state index is 15.2. The van der Waals surface area contributed by atoms with Crippen LogP contribution in [0.2, 0.25) is 0 Å². The van der Waals surface area contributed by atoms with Crippen molar-refractivity contribution in [2.75, 3.05) is 33.9 Å². The zero-order valence-electron chi connectivity index (χ0n) is 33.7. The molecule has 4 aromatic carbocycles. The topological polar surface area (TPSA) is 105 Å². The predicted octanol–water partition coefficient (Wildman–Crippen LogP) is 9.59. The van der Waals surface area contributed by atoms with Crippen LogP contribution in [0.4, 0.5) is 8.78 Å². The number of aromatic nitrogens is 4. The van der Waals surface area contributed by atoms with E-state index >= 15 is 8.78 Å². The molecule has 1 aliphatic heterocycles. The fraction of sp³-hybridized carbons (Fsp3) is 0.170. The Hall–Kier alpha value is -6.96. The summed E-state index contributed by atoms with van der Waals surface area (Å²) in [5.74, 6) is 0.786. The van der Waals surface area contributed by atoms with E-state index in [1.807, 2.05) is 83.6 Å². The molecule has 11 nitrogen and oxygen atoms in total. The van der Waals surface area contributed by atoms with Crippen molar-refractivity contribution in [2.45, 2.75) is 19.4 Å². The van der Waals surface area contributed by atoms with E-state index < -0.39 is 17.2 Å². The van der Waals surface area contributed by atoms with Crippen LogP contribution in [0.15, 0.2) is 122 Å². The van der Waals surface area contributed by atoms with Gasteiger partial charge in [0.1, 0.15) is 28.7 Å². The summed E-state index contributed by atoms with van der Waals surface area (Å²) >= 11 is 0. The first-order valence-electron chi connectivity index (χ1n) is 19.3.